The van der Waals surface area contributed by atoms with Crippen molar-refractivity contribution in [1.82, 2.24) is 4.72 Å². The van der Waals surface area contributed by atoms with Crippen LogP contribution in [-0.2, 0) is 14.8 Å². The van der Waals surface area contributed by atoms with Crippen LogP contribution in [0.2, 0.25) is 0 Å². The highest BCUT2D eigenvalue weighted by molar-refractivity contribution is 7.89. The number of carbonyl (C=O) groups excluding carboxylic acids is 1. The Labute approximate surface area is 123 Å². The van der Waals surface area contributed by atoms with Crippen LogP contribution in [0.15, 0.2) is 23.1 Å². The summed E-state index contributed by atoms with van der Waals surface area (Å²) in [5, 5.41) is 2.55. The van der Waals surface area contributed by atoms with Crippen LogP contribution in [0.4, 0.5) is 5.69 Å². The van der Waals surface area contributed by atoms with E-state index in [-0.39, 0.29) is 22.9 Å². The molecule has 0 aromatic heterocycles. The first-order chi connectivity index (χ1) is 9.81. The molecule has 1 amide bonds. The van der Waals surface area contributed by atoms with Gasteiger partial charge in [-0.1, -0.05) is 0 Å². The zero-order valence-corrected chi connectivity index (χ0v) is 12.7. The summed E-state index contributed by atoms with van der Waals surface area (Å²) in [7, 11) is -2.19. The molecule has 1 aromatic carbocycles. The van der Waals surface area contributed by atoms with Crippen molar-refractivity contribution < 1.29 is 17.9 Å². The molecule has 0 spiro atoms. The predicted molar refractivity (Wildman–Crippen MR) is 78.6 cm³/mol. The van der Waals surface area contributed by atoms with Crippen LogP contribution >= 0.6 is 0 Å². The van der Waals surface area contributed by atoms with Crippen LogP contribution < -0.4 is 20.5 Å². The van der Waals surface area contributed by atoms with Crippen LogP contribution in [0.25, 0.3) is 0 Å². The van der Waals surface area contributed by atoms with E-state index in [4.69, 9.17) is 10.5 Å². The average Bonchev–Trinajstić information content (AvgIpc) is 2.36. The largest absolute Gasteiger partial charge is 0.495 e. The molecule has 0 aliphatic heterocycles. The molecule has 1 aromatic rings. The lowest BCUT2D eigenvalue weighted by molar-refractivity contribution is -0.114. The van der Waals surface area contributed by atoms with Gasteiger partial charge in [0.2, 0.25) is 15.9 Å². The highest BCUT2D eigenvalue weighted by atomic mass is 32.2. The molecule has 0 heterocycles. The molecule has 0 saturated heterocycles. The average molecular weight is 313 g/mol. The summed E-state index contributed by atoms with van der Waals surface area (Å²) >= 11 is 0. The third kappa shape index (κ3) is 3.72. The number of methoxy groups -OCH3 is 1. The van der Waals surface area contributed by atoms with Gasteiger partial charge in [-0.2, -0.15) is 0 Å². The van der Waals surface area contributed by atoms with Crippen LogP contribution in [0.5, 0.6) is 5.75 Å². The van der Waals surface area contributed by atoms with Crippen molar-refractivity contribution in [2.24, 2.45) is 5.73 Å². The molecule has 0 atom stereocenters. The number of benzene rings is 1. The third-order valence-corrected chi connectivity index (χ3v) is 4.81. The fourth-order valence-electron chi connectivity index (χ4n) is 2.19. The molecule has 1 aliphatic rings. The second-order valence-corrected chi connectivity index (χ2v) is 6.81. The van der Waals surface area contributed by atoms with Gasteiger partial charge in [0, 0.05) is 19.0 Å². The molecule has 8 heteroatoms. The number of nitrogens with one attached hydrogen (secondary N) is 2. The van der Waals surface area contributed by atoms with Gasteiger partial charge in [0.15, 0.2) is 0 Å². The fraction of sp³-hybridized carbons (Fsp3) is 0.462. The SMILES string of the molecule is COc1ccc(S(=O)(=O)NC2CC(N)C2)cc1NC(C)=O. The number of nitrogens with two attached hydrogens (primary N) is 1. The summed E-state index contributed by atoms with van der Waals surface area (Å²) in [4.78, 5) is 11.2. The molecule has 1 fully saturated rings. The molecule has 1 aliphatic carbocycles. The van der Waals surface area contributed by atoms with Crippen molar-refractivity contribution in [2.45, 2.75) is 36.7 Å². The topological polar surface area (TPSA) is 111 Å². The van der Waals surface area contributed by atoms with E-state index in [2.05, 4.69) is 10.0 Å². The van der Waals surface area contributed by atoms with Gasteiger partial charge in [-0.3, -0.25) is 4.79 Å². The summed E-state index contributed by atoms with van der Waals surface area (Å²) in [5.41, 5.74) is 5.96. The molecule has 0 unspecified atom stereocenters. The van der Waals surface area contributed by atoms with Crippen molar-refractivity contribution >= 4 is 21.6 Å². The molecule has 1 saturated carbocycles. The summed E-state index contributed by atoms with van der Waals surface area (Å²) in [6, 6.07) is 4.25. The van der Waals surface area contributed by atoms with Crippen molar-refractivity contribution in [2.75, 3.05) is 12.4 Å². The van der Waals surface area contributed by atoms with Crippen LogP contribution in [0, 0.1) is 0 Å². The first-order valence-corrected chi connectivity index (χ1v) is 8.03. The Morgan fingerprint density at radius 3 is 2.57 bits per heavy atom. The number of sulfonamides is 1. The molecule has 0 radical (unpaired) electrons. The maximum atomic E-state index is 12.3. The van der Waals surface area contributed by atoms with Crippen molar-refractivity contribution in [3.8, 4) is 5.75 Å². The number of amides is 1. The van der Waals surface area contributed by atoms with Gasteiger partial charge >= 0.3 is 0 Å². The standard InChI is InChI=1S/C13H19N3O4S/c1-8(17)15-12-7-11(3-4-13(12)20-2)21(18,19)16-10-5-9(14)6-10/h3-4,7,9-10,16H,5-6,14H2,1-2H3,(H,15,17). The maximum absolute atomic E-state index is 12.3. The number of hydrogen-bond donors (Lipinski definition) is 3. The minimum Gasteiger partial charge on any atom is -0.495 e. The van der Waals surface area contributed by atoms with E-state index in [0.29, 0.717) is 24.3 Å². The lowest BCUT2D eigenvalue weighted by Crippen LogP contribution is -2.50. The predicted octanol–water partition coefficient (Wildman–Crippen LogP) is 0.422. The Morgan fingerprint density at radius 2 is 2.05 bits per heavy atom. The van der Waals surface area contributed by atoms with E-state index < -0.39 is 10.0 Å². The van der Waals surface area contributed by atoms with E-state index in [1.165, 1.54) is 32.2 Å². The quantitative estimate of drug-likeness (QED) is 0.729. The third-order valence-electron chi connectivity index (χ3n) is 3.29. The number of ether oxygens (including phenoxy) is 1. The van der Waals surface area contributed by atoms with Gasteiger partial charge in [0.05, 0.1) is 17.7 Å². The van der Waals surface area contributed by atoms with Gasteiger partial charge in [0.1, 0.15) is 5.75 Å². The Balaban J connectivity index is 2.24. The number of rotatable bonds is 5. The Hall–Kier alpha value is -1.64. The fourth-order valence-corrected chi connectivity index (χ4v) is 3.47. The molecule has 2 rings (SSSR count). The molecule has 7 nitrogen and oxygen atoms in total. The van der Waals surface area contributed by atoms with Gasteiger partial charge in [0.25, 0.3) is 0 Å². The lowest BCUT2D eigenvalue weighted by Gasteiger charge is -2.32. The molecular weight excluding hydrogens is 294 g/mol. The lowest BCUT2D eigenvalue weighted by atomic mass is 9.89. The maximum Gasteiger partial charge on any atom is 0.240 e. The summed E-state index contributed by atoms with van der Waals surface area (Å²) in [6.07, 6.45) is 1.27. The minimum atomic E-state index is -3.64. The van der Waals surface area contributed by atoms with Gasteiger partial charge < -0.3 is 15.8 Å². The van der Waals surface area contributed by atoms with Gasteiger partial charge in [-0.25, -0.2) is 13.1 Å². The molecule has 4 N–H and O–H groups in total. The summed E-state index contributed by atoms with van der Waals surface area (Å²) in [6.45, 7) is 1.34. The molecular formula is C13H19N3O4S. The minimum absolute atomic E-state index is 0.0588. The van der Waals surface area contributed by atoms with E-state index in [1.54, 1.807) is 0 Å². The zero-order chi connectivity index (χ0) is 15.6. The smallest absolute Gasteiger partial charge is 0.240 e. The highest BCUT2D eigenvalue weighted by Crippen LogP contribution is 2.28. The van der Waals surface area contributed by atoms with Crippen molar-refractivity contribution in [1.29, 1.82) is 0 Å². The van der Waals surface area contributed by atoms with E-state index >= 15 is 0 Å². The van der Waals surface area contributed by atoms with E-state index in [0.717, 1.165) is 0 Å². The normalized spacial score (nSPS) is 21.5. The summed E-state index contributed by atoms with van der Waals surface area (Å²) < 4.78 is 32.2. The summed E-state index contributed by atoms with van der Waals surface area (Å²) in [5.74, 6) is 0.0931. The van der Waals surface area contributed by atoms with Gasteiger partial charge in [-0.15, -0.1) is 0 Å². The van der Waals surface area contributed by atoms with Crippen molar-refractivity contribution in [3.05, 3.63) is 18.2 Å². The molecule has 21 heavy (non-hydrogen) atoms. The molecule has 116 valence electrons. The highest BCUT2D eigenvalue weighted by Gasteiger charge is 2.30. The van der Waals surface area contributed by atoms with Crippen molar-refractivity contribution in [3.63, 3.8) is 0 Å². The number of anilines is 1. The zero-order valence-electron chi connectivity index (χ0n) is 11.9. The van der Waals surface area contributed by atoms with Gasteiger partial charge in [-0.05, 0) is 31.0 Å². The van der Waals surface area contributed by atoms with Crippen LogP contribution in [0.1, 0.15) is 19.8 Å². The number of carbonyl (C=O) groups is 1. The van der Waals surface area contributed by atoms with E-state index in [1.807, 2.05) is 0 Å². The second-order valence-electron chi connectivity index (χ2n) is 5.09. The monoisotopic (exact) mass is 313 g/mol. The second kappa shape index (κ2) is 6.00. The van der Waals surface area contributed by atoms with E-state index in [9.17, 15) is 13.2 Å². The number of hydrogen-bond acceptors (Lipinski definition) is 5. The van der Waals surface area contributed by atoms with Crippen LogP contribution in [0.3, 0.4) is 0 Å². The first kappa shape index (κ1) is 15.7. The Morgan fingerprint density at radius 1 is 1.38 bits per heavy atom. The van der Waals surface area contributed by atoms with Crippen LogP contribution in [-0.4, -0.2) is 33.5 Å². The Kier molecular flexibility index (Phi) is 4.50. The Bertz CT molecular complexity index is 639. The first-order valence-electron chi connectivity index (χ1n) is 6.55. The molecule has 0 bridgehead atoms.